The van der Waals surface area contributed by atoms with Gasteiger partial charge in [0.05, 0.1) is 13.3 Å². The normalized spacial score (nSPS) is 16.2. The summed E-state index contributed by atoms with van der Waals surface area (Å²) in [6, 6.07) is 17.9. The van der Waals surface area contributed by atoms with Crippen molar-refractivity contribution in [3.63, 3.8) is 0 Å². The quantitative estimate of drug-likeness (QED) is 0.142. The zero-order valence-corrected chi connectivity index (χ0v) is 27.9. The van der Waals surface area contributed by atoms with E-state index in [0.29, 0.717) is 22.5 Å². The van der Waals surface area contributed by atoms with Crippen molar-refractivity contribution in [2.75, 3.05) is 44.7 Å². The third-order valence-corrected chi connectivity index (χ3v) is 8.94. The number of aromatic amines is 1. The smallest absolute Gasteiger partial charge is 0.414 e. The molecule has 0 unspecified atom stereocenters. The number of hydrogen-bond donors (Lipinski definition) is 3. The lowest BCUT2D eigenvalue weighted by atomic mass is 9.72. The molecule has 0 saturated carbocycles. The Hall–Kier alpha value is -4.87. The Morgan fingerprint density at radius 2 is 1.69 bits per heavy atom. The molecule has 2 aromatic carbocycles. The molecule has 3 heterocycles. The number of aliphatic carboxylic acids is 2. The molecule has 0 spiro atoms. The van der Waals surface area contributed by atoms with Crippen LogP contribution in [-0.4, -0.2) is 82.8 Å². The molecule has 11 nitrogen and oxygen atoms in total. The summed E-state index contributed by atoms with van der Waals surface area (Å²) in [6.07, 6.45) is 6.92. The van der Waals surface area contributed by atoms with Crippen LogP contribution in [0, 0.1) is 5.41 Å². The average Bonchev–Trinajstić information content (AvgIpc) is 3.54. The number of benzene rings is 2. The number of nitrogens with zero attached hydrogens (tertiary/aromatic N) is 3. The lowest BCUT2D eigenvalue weighted by Crippen LogP contribution is -2.47. The van der Waals surface area contributed by atoms with Crippen LogP contribution in [0.25, 0.3) is 16.6 Å². The minimum absolute atomic E-state index is 0.302. The number of aromatic nitrogens is 2. The Labute approximate surface area is 283 Å². The fraction of sp³-hybridized carbons (Fsp3) is 0.333. The number of esters is 1. The monoisotopic (exact) mass is 674 g/mol. The van der Waals surface area contributed by atoms with Crippen molar-refractivity contribution in [3.05, 3.63) is 88.7 Å². The molecule has 252 valence electrons. The zero-order chi connectivity index (χ0) is 34.4. The summed E-state index contributed by atoms with van der Waals surface area (Å²) >= 11 is 6.20. The summed E-state index contributed by atoms with van der Waals surface area (Å²) < 4.78 is 11.2. The fourth-order valence-corrected chi connectivity index (χ4v) is 6.20. The molecule has 4 aromatic rings. The van der Waals surface area contributed by atoms with E-state index in [1.54, 1.807) is 17.8 Å². The summed E-state index contributed by atoms with van der Waals surface area (Å²) in [5.41, 5.74) is 6.83. The number of methoxy groups -OCH3 is 1. The third-order valence-electron chi connectivity index (χ3n) is 8.69. The van der Waals surface area contributed by atoms with Crippen molar-refractivity contribution >= 4 is 51.8 Å². The van der Waals surface area contributed by atoms with Crippen LogP contribution in [-0.2, 0) is 14.3 Å². The number of carboxylic acids is 2. The van der Waals surface area contributed by atoms with E-state index in [4.69, 9.17) is 40.9 Å². The number of anilines is 1. The second kappa shape index (κ2) is 14.9. The van der Waals surface area contributed by atoms with Crippen molar-refractivity contribution in [1.29, 1.82) is 0 Å². The van der Waals surface area contributed by atoms with Gasteiger partial charge in [-0.25, -0.2) is 19.4 Å². The van der Waals surface area contributed by atoms with Crippen LogP contribution >= 0.6 is 11.6 Å². The second-order valence-corrected chi connectivity index (χ2v) is 13.1. The Morgan fingerprint density at radius 1 is 0.979 bits per heavy atom. The minimum atomic E-state index is -1.82. The SMILES string of the molecule is COC(=O)c1ccc(N2CCN(CC3=C(c4ccc(Cl)cc4)CC(C)(C)CC3)CC2)cc1Oc1cnc2[nH]ccc2c1.O=C(O)C(=O)O. The highest BCUT2D eigenvalue weighted by molar-refractivity contribution is 6.30. The first-order chi connectivity index (χ1) is 22.9. The predicted molar refractivity (Wildman–Crippen MR) is 184 cm³/mol. The number of fused-ring (bicyclic) bond motifs is 1. The lowest BCUT2D eigenvalue weighted by molar-refractivity contribution is -0.159. The number of hydrogen-bond acceptors (Lipinski definition) is 8. The van der Waals surface area contributed by atoms with Crippen molar-refractivity contribution < 1.29 is 34.1 Å². The molecule has 2 aromatic heterocycles. The molecule has 0 radical (unpaired) electrons. The summed E-state index contributed by atoms with van der Waals surface area (Å²) in [5.74, 6) is -3.06. The van der Waals surface area contributed by atoms with Crippen molar-refractivity contribution in [3.8, 4) is 11.5 Å². The summed E-state index contributed by atoms with van der Waals surface area (Å²) in [6.45, 7) is 9.44. The van der Waals surface area contributed by atoms with E-state index in [1.807, 2.05) is 42.6 Å². The molecule has 1 aliphatic carbocycles. The first-order valence-electron chi connectivity index (χ1n) is 15.7. The minimum Gasteiger partial charge on any atom is -0.473 e. The van der Waals surface area contributed by atoms with Crippen LogP contribution < -0.4 is 9.64 Å². The zero-order valence-electron chi connectivity index (χ0n) is 27.2. The Kier molecular flexibility index (Phi) is 10.7. The standard InChI is InChI=1S/C34H37ClN4O3.C2H2O4/c1-34(2)12-10-25(30(20-34)23-4-6-26(35)7-5-23)22-38-14-16-39(17-15-38)27-8-9-29(33(40)41-3)31(19-27)42-28-18-24-11-13-36-32(24)37-21-28;3-1(4)2(5)6/h4-9,11,13,18-19,21H,10,12,14-17,20,22H2,1-3H3,(H,36,37);(H,3,4)(H,5,6). The van der Waals surface area contributed by atoms with E-state index in [0.717, 1.165) is 67.3 Å². The van der Waals surface area contributed by atoms with Gasteiger partial charge in [-0.1, -0.05) is 43.2 Å². The number of ether oxygens (including phenoxy) is 2. The van der Waals surface area contributed by atoms with Gasteiger partial charge in [-0.05, 0) is 72.2 Å². The molecule has 0 atom stereocenters. The van der Waals surface area contributed by atoms with E-state index < -0.39 is 17.9 Å². The van der Waals surface area contributed by atoms with Gasteiger partial charge in [-0.15, -0.1) is 0 Å². The molecule has 1 aliphatic heterocycles. The maximum Gasteiger partial charge on any atom is 0.414 e. The number of carboxylic acid groups (broad SMARTS) is 2. The van der Waals surface area contributed by atoms with Crippen molar-refractivity contribution in [2.45, 2.75) is 33.1 Å². The summed E-state index contributed by atoms with van der Waals surface area (Å²) in [4.78, 5) is 43.2. The molecule has 0 amide bonds. The predicted octanol–water partition coefficient (Wildman–Crippen LogP) is 6.74. The molecular weight excluding hydrogens is 636 g/mol. The molecule has 48 heavy (non-hydrogen) atoms. The largest absolute Gasteiger partial charge is 0.473 e. The average molecular weight is 675 g/mol. The Morgan fingerprint density at radius 3 is 2.35 bits per heavy atom. The lowest BCUT2D eigenvalue weighted by Gasteiger charge is -2.39. The molecule has 1 saturated heterocycles. The number of carbonyl (C=O) groups is 3. The van der Waals surface area contributed by atoms with Gasteiger partial charge in [0.1, 0.15) is 22.7 Å². The maximum atomic E-state index is 12.5. The van der Waals surface area contributed by atoms with Crippen LogP contribution in [0.15, 0.2) is 72.6 Å². The van der Waals surface area contributed by atoms with Gasteiger partial charge < -0.3 is 29.6 Å². The number of rotatable bonds is 7. The van der Waals surface area contributed by atoms with E-state index in [2.05, 4.69) is 45.7 Å². The fourth-order valence-electron chi connectivity index (χ4n) is 6.07. The maximum absolute atomic E-state index is 12.5. The van der Waals surface area contributed by atoms with Crippen LogP contribution in [0.1, 0.15) is 49.0 Å². The second-order valence-electron chi connectivity index (χ2n) is 12.7. The number of pyridine rings is 1. The number of carbonyl (C=O) groups excluding carboxylic acids is 1. The van der Waals surface area contributed by atoms with Gasteiger partial charge in [0.2, 0.25) is 0 Å². The van der Waals surface area contributed by atoms with E-state index in [9.17, 15) is 4.79 Å². The molecule has 2 aliphatic rings. The highest BCUT2D eigenvalue weighted by atomic mass is 35.5. The van der Waals surface area contributed by atoms with E-state index in [-0.39, 0.29) is 0 Å². The van der Waals surface area contributed by atoms with Gasteiger partial charge in [0, 0.05) is 61.1 Å². The number of H-pyrrole nitrogens is 1. The highest BCUT2D eigenvalue weighted by Gasteiger charge is 2.29. The molecule has 12 heteroatoms. The molecular formula is C36H39ClN4O7. The van der Waals surface area contributed by atoms with Gasteiger partial charge >= 0.3 is 17.9 Å². The first-order valence-corrected chi connectivity index (χ1v) is 16.0. The highest BCUT2D eigenvalue weighted by Crippen LogP contribution is 2.43. The number of piperazine rings is 1. The first kappa shape index (κ1) is 34.5. The van der Waals surface area contributed by atoms with Crippen LogP contribution in [0.2, 0.25) is 5.02 Å². The third kappa shape index (κ3) is 8.53. The molecule has 3 N–H and O–H groups in total. The van der Waals surface area contributed by atoms with Crippen molar-refractivity contribution in [1.82, 2.24) is 14.9 Å². The van der Waals surface area contributed by atoms with Crippen molar-refractivity contribution in [2.24, 2.45) is 5.41 Å². The van der Waals surface area contributed by atoms with Gasteiger partial charge in [-0.2, -0.15) is 0 Å². The Balaban J connectivity index is 0.000000689. The summed E-state index contributed by atoms with van der Waals surface area (Å²) in [5, 5.41) is 16.5. The van der Waals surface area contributed by atoms with Crippen LogP contribution in [0.5, 0.6) is 11.5 Å². The topological polar surface area (TPSA) is 145 Å². The van der Waals surface area contributed by atoms with E-state index >= 15 is 0 Å². The number of nitrogens with one attached hydrogen (secondary N) is 1. The van der Waals surface area contributed by atoms with Gasteiger partial charge in [0.15, 0.2) is 0 Å². The molecule has 0 bridgehead atoms. The number of allylic oxidation sites excluding steroid dienone is 1. The van der Waals surface area contributed by atoms with E-state index in [1.165, 1.54) is 24.7 Å². The van der Waals surface area contributed by atoms with Crippen LogP contribution in [0.4, 0.5) is 5.69 Å². The molecule has 1 fully saturated rings. The number of halogens is 1. The van der Waals surface area contributed by atoms with Gasteiger partial charge in [-0.3, -0.25) is 4.90 Å². The Bertz CT molecular complexity index is 1810. The van der Waals surface area contributed by atoms with Crippen LogP contribution in [0.3, 0.4) is 0 Å². The van der Waals surface area contributed by atoms with Gasteiger partial charge in [0.25, 0.3) is 0 Å². The molecule has 6 rings (SSSR count). The summed E-state index contributed by atoms with van der Waals surface area (Å²) in [7, 11) is 1.38.